The first-order chi connectivity index (χ1) is 9.24. The molecule has 1 aliphatic rings. The van der Waals surface area contributed by atoms with Crippen molar-refractivity contribution in [1.29, 1.82) is 0 Å². The van der Waals surface area contributed by atoms with Crippen LogP contribution >= 0.6 is 23.2 Å². The number of aromatic nitrogens is 2. The summed E-state index contributed by atoms with van der Waals surface area (Å²) < 4.78 is 2.07. The van der Waals surface area contributed by atoms with E-state index in [1.165, 1.54) is 12.8 Å². The molecule has 1 aromatic heterocycles. The summed E-state index contributed by atoms with van der Waals surface area (Å²) in [5.41, 5.74) is 1.89. The van der Waals surface area contributed by atoms with E-state index in [0.717, 1.165) is 24.1 Å². The number of nitrogens with one attached hydrogen (secondary N) is 1. The minimum absolute atomic E-state index is 0.521. The maximum Gasteiger partial charge on any atom is 0.0961 e. The molecule has 2 aromatic rings. The van der Waals surface area contributed by atoms with Crippen LogP contribution in [0.1, 0.15) is 12.8 Å². The molecule has 2 heterocycles. The van der Waals surface area contributed by atoms with Gasteiger partial charge in [0.05, 0.1) is 27.4 Å². The third-order valence-corrected chi connectivity index (χ3v) is 4.15. The van der Waals surface area contributed by atoms with Crippen molar-refractivity contribution in [2.75, 3.05) is 6.54 Å². The van der Waals surface area contributed by atoms with E-state index in [1.807, 2.05) is 12.4 Å². The minimum atomic E-state index is 0.521. The van der Waals surface area contributed by atoms with Gasteiger partial charge < -0.3 is 9.88 Å². The molecular weight excluding hydrogens is 281 g/mol. The van der Waals surface area contributed by atoms with E-state index in [2.05, 4.69) is 27.0 Å². The third kappa shape index (κ3) is 2.78. The molecule has 0 spiro atoms. The average molecular weight is 296 g/mol. The summed E-state index contributed by atoms with van der Waals surface area (Å²) in [6, 6.07) is 4.19. The number of hydrogen-bond donors (Lipinski definition) is 1. The number of hydrogen-bond acceptors (Lipinski definition) is 2. The average Bonchev–Trinajstić information content (AvgIpc) is 3.02. The quantitative estimate of drug-likeness (QED) is 0.876. The molecule has 0 bridgehead atoms. The number of fused-ring (bicyclic) bond motifs is 1. The van der Waals surface area contributed by atoms with Crippen molar-refractivity contribution in [3.63, 3.8) is 0 Å². The summed E-state index contributed by atoms with van der Waals surface area (Å²) in [6.07, 6.45) is 8.71. The third-order valence-electron chi connectivity index (χ3n) is 3.43. The van der Waals surface area contributed by atoms with E-state index >= 15 is 0 Å². The van der Waals surface area contributed by atoms with Gasteiger partial charge in [-0.2, -0.15) is 0 Å². The second-order valence-electron chi connectivity index (χ2n) is 4.78. The Hall–Kier alpha value is -1.03. The SMILES string of the molecule is Clc1cc2ncn(C/C=C/[C@@H]3CCCN3)c2cc1Cl. The second kappa shape index (κ2) is 5.53. The molecule has 100 valence electrons. The summed E-state index contributed by atoms with van der Waals surface area (Å²) in [5, 5.41) is 4.55. The van der Waals surface area contributed by atoms with Gasteiger partial charge in [0.2, 0.25) is 0 Å². The lowest BCUT2D eigenvalue weighted by Gasteiger charge is -2.04. The largest absolute Gasteiger partial charge is 0.327 e. The van der Waals surface area contributed by atoms with Crippen LogP contribution < -0.4 is 5.32 Å². The predicted molar refractivity (Wildman–Crippen MR) is 79.9 cm³/mol. The number of benzene rings is 1. The summed E-state index contributed by atoms with van der Waals surface area (Å²) in [4.78, 5) is 4.34. The first-order valence-electron chi connectivity index (χ1n) is 6.44. The lowest BCUT2D eigenvalue weighted by molar-refractivity contribution is 0.720. The van der Waals surface area contributed by atoms with Crippen molar-refractivity contribution in [3.8, 4) is 0 Å². The second-order valence-corrected chi connectivity index (χ2v) is 5.60. The predicted octanol–water partition coefficient (Wildman–Crippen LogP) is 3.65. The lowest BCUT2D eigenvalue weighted by Crippen LogP contribution is -2.18. The van der Waals surface area contributed by atoms with Gasteiger partial charge in [-0.05, 0) is 31.5 Å². The van der Waals surface area contributed by atoms with Crippen LogP contribution in [0.5, 0.6) is 0 Å². The smallest absolute Gasteiger partial charge is 0.0961 e. The minimum Gasteiger partial charge on any atom is -0.327 e. The molecule has 1 atom stereocenters. The van der Waals surface area contributed by atoms with Crippen LogP contribution in [-0.4, -0.2) is 22.1 Å². The molecular formula is C14H15Cl2N3. The van der Waals surface area contributed by atoms with E-state index in [1.54, 1.807) is 6.07 Å². The van der Waals surface area contributed by atoms with Crippen molar-refractivity contribution in [3.05, 3.63) is 40.7 Å². The molecule has 1 aliphatic heterocycles. The molecule has 0 saturated carbocycles. The fourth-order valence-corrected chi connectivity index (χ4v) is 2.73. The maximum atomic E-state index is 6.05. The van der Waals surface area contributed by atoms with Gasteiger partial charge in [0.1, 0.15) is 0 Å². The standard InChI is InChI=1S/C14H15Cl2N3/c15-11-7-13-14(8-12(11)16)19(9-18-13)6-2-4-10-3-1-5-17-10/h2,4,7-10,17H,1,3,5-6H2/b4-2+/t10-/m0/s1. The monoisotopic (exact) mass is 295 g/mol. The first kappa shape index (κ1) is 13.0. The van der Waals surface area contributed by atoms with Gasteiger partial charge in [0.25, 0.3) is 0 Å². The Bertz CT molecular complexity index is 612. The Morgan fingerprint density at radius 1 is 1.37 bits per heavy atom. The Kier molecular flexibility index (Phi) is 3.78. The molecule has 3 nitrogen and oxygen atoms in total. The normalized spacial score (nSPS) is 19.8. The Labute approximate surface area is 122 Å². The van der Waals surface area contributed by atoms with Crippen molar-refractivity contribution in [2.45, 2.75) is 25.4 Å². The zero-order chi connectivity index (χ0) is 13.2. The maximum absolute atomic E-state index is 6.05. The van der Waals surface area contributed by atoms with Crippen molar-refractivity contribution in [1.82, 2.24) is 14.9 Å². The van der Waals surface area contributed by atoms with Gasteiger partial charge in [-0.25, -0.2) is 4.98 Å². The van der Waals surface area contributed by atoms with Gasteiger partial charge in [0, 0.05) is 12.6 Å². The van der Waals surface area contributed by atoms with Gasteiger partial charge >= 0.3 is 0 Å². The van der Waals surface area contributed by atoms with Crippen LogP contribution in [0.2, 0.25) is 10.0 Å². The zero-order valence-electron chi connectivity index (χ0n) is 10.4. The van der Waals surface area contributed by atoms with Crippen LogP contribution in [0.15, 0.2) is 30.6 Å². The molecule has 1 aromatic carbocycles. The summed E-state index contributed by atoms with van der Waals surface area (Å²) in [6.45, 7) is 1.92. The van der Waals surface area contributed by atoms with Crippen LogP contribution in [0.4, 0.5) is 0 Å². The highest BCUT2D eigenvalue weighted by Crippen LogP contribution is 2.27. The van der Waals surface area contributed by atoms with Crippen molar-refractivity contribution in [2.24, 2.45) is 0 Å². The molecule has 1 N–H and O–H groups in total. The summed E-state index contributed by atoms with van der Waals surface area (Å²) in [7, 11) is 0. The molecule has 0 amide bonds. The highest BCUT2D eigenvalue weighted by molar-refractivity contribution is 6.42. The lowest BCUT2D eigenvalue weighted by atomic mass is 10.2. The highest BCUT2D eigenvalue weighted by Gasteiger charge is 2.10. The number of rotatable bonds is 3. The molecule has 19 heavy (non-hydrogen) atoms. The molecule has 1 fully saturated rings. The van der Waals surface area contributed by atoms with Gasteiger partial charge in [-0.1, -0.05) is 35.4 Å². The van der Waals surface area contributed by atoms with Gasteiger partial charge in [0.15, 0.2) is 0 Å². The van der Waals surface area contributed by atoms with Gasteiger partial charge in [-0.3, -0.25) is 0 Å². The zero-order valence-corrected chi connectivity index (χ0v) is 12.0. The van der Waals surface area contributed by atoms with E-state index < -0.39 is 0 Å². The first-order valence-corrected chi connectivity index (χ1v) is 7.19. The number of halogens is 2. The summed E-state index contributed by atoms with van der Waals surface area (Å²) in [5.74, 6) is 0. The topological polar surface area (TPSA) is 29.9 Å². The van der Waals surface area contributed by atoms with E-state index in [0.29, 0.717) is 16.1 Å². The number of allylic oxidation sites excluding steroid dienone is 1. The van der Waals surface area contributed by atoms with Crippen LogP contribution in [-0.2, 0) is 6.54 Å². The molecule has 0 radical (unpaired) electrons. The fourth-order valence-electron chi connectivity index (χ4n) is 2.41. The Balaban J connectivity index is 1.79. The van der Waals surface area contributed by atoms with Crippen LogP contribution in [0.3, 0.4) is 0 Å². The fraction of sp³-hybridized carbons (Fsp3) is 0.357. The summed E-state index contributed by atoms with van der Waals surface area (Å²) >= 11 is 12.0. The van der Waals surface area contributed by atoms with E-state index in [4.69, 9.17) is 23.2 Å². The number of imidazole rings is 1. The molecule has 0 unspecified atom stereocenters. The highest BCUT2D eigenvalue weighted by atomic mass is 35.5. The molecule has 1 saturated heterocycles. The van der Waals surface area contributed by atoms with E-state index in [-0.39, 0.29) is 0 Å². The molecule has 3 rings (SSSR count). The molecule has 5 heteroatoms. The Morgan fingerprint density at radius 3 is 3.00 bits per heavy atom. The Morgan fingerprint density at radius 2 is 2.21 bits per heavy atom. The van der Waals surface area contributed by atoms with Crippen LogP contribution in [0, 0.1) is 0 Å². The van der Waals surface area contributed by atoms with Gasteiger partial charge in [-0.15, -0.1) is 0 Å². The molecule has 0 aliphatic carbocycles. The number of nitrogens with zero attached hydrogens (tertiary/aromatic N) is 2. The van der Waals surface area contributed by atoms with Crippen molar-refractivity contribution < 1.29 is 0 Å². The van der Waals surface area contributed by atoms with E-state index in [9.17, 15) is 0 Å². The van der Waals surface area contributed by atoms with Crippen LogP contribution in [0.25, 0.3) is 11.0 Å². The van der Waals surface area contributed by atoms with Crippen molar-refractivity contribution >= 4 is 34.2 Å².